The Morgan fingerprint density at radius 1 is 1.17 bits per heavy atom. The summed E-state index contributed by atoms with van der Waals surface area (Å²) in [5, 5.41) is 29.9. The molecule has 0 bridgehead atoms. The highest BCUT2D eigenvalue weighted by Gasteiger charge is 2.50. The molecule has 0 heterocycles. The molecule has 0 aliphatic heterocycles. The van der Waals surface area contributed by atoms with E-state index in [1.54, 1.807) is 5.57 Å². The number of rotatable bonds is 6. The molecule has 0 aromatic rings. The topological polar surface area (TPSA) is 60.7 Å². The minimum atomic E-state index is -0.672. The predicted octanol–water partition coefficient (Wildman–Crippen LogP) is 5.70. The summed E-state index contributed by atoms with van der Waals surface area (Å²) in [7, 11) is 0. The number of allylic oxidation sites excluding steroid dienone is 3. The summed E-state index contributed by atoms with van der Waals surface area (Å²) in [6, 6.07) is 0. The van der Waals surface area contributed by atoms with E-state index >= 15 is 0 Å². The summed E-state index contributed by atoms with van der Waals surface area (Å²) in [5.41, 5.74) is 3.48. The molecule has 30 heavy (non-hydrogen) atoms. The molecule has 0 amide bonds. The molecule has 3 aliphatic carbocycles. The Morgan fingerprint density at radius 3 is 2.57 bits per heavy atom. The highest BCUT2D eigenvalue weighted by Crippen LogP contribution is 2.60. The average Bonchev–Trinajstić information content (AvgIpc) is 3.00. The summed E-state index contributed by atoms with van der Waals surface area (Å²) in [5.74, 6) is 2.13. The van der Waals surface area contributed by atoms with Crippen molar-refractivity contribution < 1.29 is 15.3 Å². The lowest BCUT2D eigenvalue weighted by molar-refractivity contribution is 0.0138. The molecule has 3 N–H and O–H groups in total. The van der Waals surface area contributed by atoms with Gasteiger partial charge in [-0.15, -0.1) is 0 Å². The Labute approximate surface area is 184 Å². The highest BCUT2D eigenvalue weighted by molar-refractivity contribution is 5.37. The molecule has 0 spiro atoms. The van der Waals surface area contributed by atoms with Gasteiger partial charge in [-0.1, -0.05) is 51.0 Å². The molecular formula is C27H44O3. The van der Waals surface area contributed by atoms with Crippen molar-refractivity contribution in [2.45, 2.75) is 110 Å². The molecule has 3 heteroatoms. The zero-order chi connectivity index (χ0) is 22.1. The van der Waals surface area contributed by atoms with Crippen molar-refractivity contribution in [1.29, 1.82) is 0 Å². The smallest absolute Gasteiger partial charge is 0.0842 e. The molecule has 170 valence electrons. The second-order valence-corrected chi connectivity index (χ2v) is 11.4. The summed E-state index contributed by atoms with van der Waals surface area (Å²) >= 11 is 0. The maximum atomic E-state index is 10.0. The minimum Gasteiger partial charge on any atom is -0.390 e. The van der Waals surface area contributed by atoms with Crippen LogP contribution >= 0.6 is 0 Å². The first kappa shape index (κ1) is 23.8. The maximum absolute atomic E-state index is 10.0. The van der Waals surface area contributed by atoms with Gasteiger partial charge >= 0.3 is 0 Å². The van der Waals surface area contributed by atoms with Gasteiger partial charge in [-0.2, -0.15) is 0 Å². The SMILES string of the molecule is C=C1CC(O)[C@H](O)C/C1=C/C=C1CCC[C@@]2(C)C1CC[C@@H]2[C@H](C)CCCC(C)(C)O. The van der Waals surface area contributed by atoms with Gasteiger partial charge in [0.15, 0.2) is 0 Å². The van der Waals surface area contributed by atoms with Crippen LogP contribution in [-0.4, -0.2) is 33.1 Å². The van der Waals surface area contributed by atoms with E-state index in [0.29, 0.717) is 30.1 Å². The quantitative estimate of drug-likeness (QED) is 0.520. The lowest BCUT2D eigenvalue weighted by atomic mass is 9.60. The van der Waals surface area contributed by atoms with Crippen LogP contribution in [0.3, 0.4) is 0 Å². The van der Waals surface area contributed by atoms with Crippen LogP contribution in [-0.2, 0) is 0 Å². The second-order valence-electron chi connectivity index (χ2n) is 11.4. The number of aliphatic hydroxyl groups excluding tert-OH is 2. The van der Waals surface area contributed by atoms with Crippen LogP contribution in [0.2, 0.25) is 0 Å². The van der Waals surface area contributed by atoms with Crippen molar-refractivity contribution in [1.82, 2.24) is 0 Å². The van der Waals surface area contributed by atoms with Crippen LogP contribution in [0.4, 0.5) is 0 Å². The number of fused-ring (bicyclic) bond motifs is 1. The van der Waals surface area contributed by atoms with Crippen LogP contribution in [0, 0.1) is 23.2 Å². The molecule has 3 saturated carbocycles. The third-order valence-electron chi connectivity index (χ3n) is 8.45. The van der Waals surface area contributed by atoms with Gasteiger partial charge in [0.2, 0.25) is 0 Å². The van der Waals surface area contributed by atoms with E-state index in [1.165, 1.54) is 38.5 Å². The van der Waals surface area contributed by atoms with E-state index in [9.17, 15) is 15.3 Å². The van der Waals surface area contributed by atoms with Crippen molar-refractivity contribution in [2.75, 3.05) is 0 Å². The molecule has 0 aromatic carbocycles. The summed E-state index contributed by atoms with van der Waals surface area (Å²) in [6.07, 6.45) is 13.7. The fourth-order valence-corrected chi connectivity index (χ4v) is 6.69. The van der Waals surface area contributed by atoms with Crippen molar-refractivity contribution in [3.8, 4) is 0 Å². The van der Waals surface area contributed by atoms with Gasteiger partial charge in [0.05, 0.1) is 17.8 Å². The first-order valence-corrected chi connectivity index (χ1v) is 12.2. The lowest BCUT2D eigenvalue weighted by Gasteiger charge is -2.44. The van der Waals surface area contributed by atoms with Gasteiger partial charge in [-0.25, -0.2) is 0 Å². The Kier molecular flexibility index (Phi) is 7.37. The predicted molar refractivity (Wildman–Crippen MR) is 124 cm³/mol. The normalized spacial score (nSPS) is 38.8. The molecule has 0 radical (unpaired) electrons. The lowest BCUT2D eigenvalue weighted by Crippen LogP contribution is -2.36. The molecule has 3 fully saturated rings. The third-order valence-corrected chi connectivity index (χ3v) is 8.45. The molecule has 0 aromatic heterocycles. The van der Waals surface area contributed by atoms with Crippen molar-refractivity contribution in [3.05, 3.63) is 35.5 Å². The molecule has 3 rings (SSSR count). The number of hydrogen-bond acceptors (Lipinski definition) is 3. The standard InChI is InChI=1S/C27H44O3/c1-18(8-6-14-26(3,4)30)22-12-13-23-20(9-7-15-27(22,23)5)10-11-21-17-25(29)24(28)16-19(21)2/h10-11,18,22-25,28-30H,2,6-9,12-17H2,1,3-5H3/b20-10?,21-11-/t18-,22-,23?,24?,25-,27-/m1/s1. The van der Waals surface area contributed by atoms with E-state index in [-0.39, 0.29) is 0 Å². The molecule has 0 saturated heterocycles. The summed E-state index contributed by atoms with van der Waals surface area (Å²) in [4.78, 5) is 0. The van der Waals surface area contributed by atoms with Crippen molar-refractivity contribution in [3.63, 3.8) is 0 Å². The number of hydrogen-bond donors (Lipinski definition) is 3. The minimum absolute atomic E-state index is 0.385. The van der Waals surface area contributed by atoms with E-state index in [0.717, 1.165) is 29.9 Å². The van der Waals surface area contributed by atoms with Gasteiger partial charge in [0.25, 0.3) is 0 Å². The van der Waals surface area contributed by atoms with Gasteiger partial charge in [0.1, 0.15) is 0 Å². The van der Waals surface area contributed by atoms with Gasteiger partial charge in [-0.3, -0.25) is 0 Å². The Hall–Kier alpha value is -0.900. The molecule has 6 atom stereocenters. The molecule has 3 nitrogen and oxygen atoms in total. The van der Waals surface area contributed by atoms with Gasteiger partial charge in [0, 0.05) is 12.8 Å². The first-order chi connectivity index (χ1) is 14.0. The fourth-order valence-electron chi connectivity index (χ4n) is 6.69. The Bertz CT molecular complexity index is 683. The van der Waals surface area contributed by atoms with Crippen LogP contribution in [0.25, 0.3) is 0 Å². The zero-order valence-corrected chi connectivity index (χ0v) is 19.7. The van der Waals surface area contributed by atoms with E-state index < -0.39 is 17.8 Å². The monoisotopic (exact) mass is 416 g/mol. The van der Waals surface area contributed by atoms with Gasteiger partial charge < -0.3 is 15.3 Å². The second kappa shape index (κ2) is 9.30. The largest absolute Gasteiger partial charge is 0.390 e. The summed E-state index contributed by atoms with van der Waals surface area (Å²) < 4.78 is 0. The van der Waals surface area contributed by atoms with E-state index in [2.05, 4.69) is 32.6 Å². The van der Waals surface area contributed by atoms with Crippen LogP contribution in [0.5, 0.6) is 0 Å². The molecule has 2 unspecified atom stereocenters. The Morgan fingerprint density at radius 2 is 1.87 bits per heavy atom. The van der Waals surface area contributed by atoms with Crippen LogP contribution in [0.1, 0.15) is 91.9 Å². The van der Waals surface area contributed by atoms with Crippen LogP contribution in [0.15, 0.2) is 35.5 Å². The zero-order valence-electron chi connectivity index (χ0n) is 19.7. The molecular weight excluding hydrogens is 372 g/mol. The van der Waals surface area contributed by atoms with Crippen molar-refractivity contribution >= 4 is 0 Å². The summed E-state index contributed by atoms with van der Waals surface area (Å²) in [6.45, 7) is 12.9. The van der Waals surface area contributed by atoms with E-state index in [1.807, 2.05) is 13.8 Å². The Balaban J connectivity index is 1.69. The fraction of sp³-hybridized carbons (Fsp3) is 0.778. The van der Waals surface area contributed by atoms with Crippen LogP contribution < -0.4 is 0 Å². The molecule has 3 aliphatic rings. The van der Waals surface area contributed by atoms with Crippen molar-refractivity contribution in [2.24, 2.45) is 23.2 Å². The maximum Gasteiger partial charge on any atom is 0.0842 e. The van der Waals surface area contributed by atoms with Gasteiger partial charge in [-0.05, 0) is 86.7 Å². The van der Waals surface area contributed by atoms with E-state index in [4.69, 9.17) is 0 Å². The first-order valence-electron chi connectivity index (χ1n) is 12.2. The average molecular weight is 417 g/mol. The highest BCUT2D eigenvalue weighted by atomic mass is 16.3. The third kappa shape index (κ3) is 5.29. The number of aliphatic hydroxyl groups is 3.